The van der Waals surface area contributed by atoms with Crippen LogP contribution in [0.1, 0.15) is 40.5 Å². The minimum Gasteiger partial charge on any atom is -0.353 e. The fraction of sp³-hybridized carbons (Fsp3) is 0.500. The molecule has 0 fully saturated rings. The molecule has 0 amide bonds. The summed E-state index contributed by atoms with van der Waals surface area (Å²) < 4.78 is 13.1. The maximum atomic E-state index is 13.1. The molecule has 0 spiro atoms. The Labute approximate surface area is 115 Å². The molecule has 104 valence electrons. The molecule has 0 radical (unpaired) electrons. The lowest BCUT2D eigenvalue weighted by atomic mass is 10.2. The van der Waals surface area contributed by atoms with Gasteiger partial charge < -0.3 is 9.80 Å². The van der Waals surface area contributed by atoms with Gasteiger partial charge in [-0.05, 0) is 51.0 Å². The van der Waals surface area contributed by atoms with Gasteiger partial charge in [0.25, 0.3) is 0 Å². The summed E-state index contributed by atoms with van der Waals surface area (Å²) in [4.78, 5) is 4.77. The van der Waals surface area contributed by atoms with Crippen LogP contribution >= 0.6 is 0 Å². The topological polar surface area (TPSA) is 6.48 Å². The van der Waals surface area contributed by atoms with Crippen LogP contribution < -0.4 is 4.90 Å². The van der Waals surface area contributed by atoms with E-state index < -0.39 is 0 Å². The number of hydrogen-bond donors (Lipinski definition) is 0. The van der Waals surface area contributed by atoms with E-state index in [-0.39, 0.29) is 5.82 Å². The molecule has 1 unspecified atom stereocenters. The highest BCUT2D eigenvalue weighted by molar-refractivity contribution is 5.56. The number of nitrogens with zero attached hydrogens (tertiary/aromatic N) is 2. The highest BCUT2D eigenvalue weighted by Crippen LogP contribution is 2.36. The van der Waals surface area contributed by atoms with E-state index in [1.54, 1.807) is 0 Å². The van der Waals surface area contributed by atoms with Gasteiger partial charge in [0.1, 0.15) is 12.0 Å². The van der Waals surface area contributed by atoms with Crippen molar-refractivity contribution in [3.8, 4) is 0 Å². The van der Waals surface area contributed by atoms with E-state index in [2.05, 4.69) is 37.5 Å². The second-order valence-electron chi connectivity index (χ2n) is 4.86. The molecule has 1 aromatic carbocycles. The first kappa shape index (κ1) is 13.9. The van der Waals surface area contributed by atoms with Crippen molar-refractivity contribution in [3.05, 3.63) is 41.5 Å². The van der Waals surface area contributed by atoms with Crippen LogP contribution in [-0.4, -0.2) is 17.6 Å². The Morgan fingerprint density at radius 1 is 1.00 bits per heavy atom. The molecule has 1 heterocycles. The van der Waals surface area contributed by atoms with Crippen molar-refractivity contribution < 1.29 is 4.39 Å². The van der Waals surface area contributed by atoms with E-state index in [0.717, 1.165) is 25.1 Å². The summed E-state index contributed by atoms with van der Waals surface area (Å²) in [6, 6.07) is 6.81. The molecular formula is C16H23FN2. The molecule has 3 heteroatoms. The summed E-state index contributed by atoms with van der Waals surface area (Å²) >= 11 is 0. The Morgan fingerprint density at radius 2 is 1.58 bits per heavy atom. The summed E-state index contributed by atoms with van der Waals surface area (Å²) in [6.45, 7) is 9.80. The maximum Gasteiger partial charge on any atom is 0.123 e. The van der Waals surface area contributed by atoms with Crippen molar-refractivity contribution in [2.75, 3.05) is 11.4 Å². The second-order valence-corrected chi connectivity index (χ2v) is 4.86. The van der Waals surface area contributed by atoms with E-state index in [1.165, 1.54) is 23.5 Å². The van der Waals surface area contributed by atoms with E-state index >= 15 is 0 Å². The smallest absolute Gasteiger partial charge is 0.123 e. The Bertz CT molecular complexity index is 464. The molecule has 2 rings (SSSR count). The van der Waals surface area contributed by atoms with Crippen LogP contribution in [0.25, 0.3) is 0 Å². The van der Waals surface area contributed by atoms with E-state index in [9.17, 15) is 4.39 Å². The molecule has 0 aliphatic carbocycles. The lowest BCUT2D eigenvalue weighted by Gasteiger charge is -2.31. The second kappa shape index (κ2) is 5.64. The fourth-order valence-corrected chi connectivity index (χ4v) is 3.11. The Hall–Kier alpha value is -1.51. The molecule has 0 saturated heterocycles. The van der Waals surface area contributed by atoms with E-state index in [4.69, 9.17) is 0 Å². The summed E-state index contributed by atoms with van der Waals surface area (Å²) in [5.74, 6) is -0.180. The molecule has 1 aliphatic rings. The van der Waals surface area contributed by atoms with Crippen LogP contribution in [0, 0.1) is 5.82 Å². The van der Waals surface area contributed by atoms with Gasteiger partial charge in [0.05, 0.1) is 0 Å². The van der Waals surface area contributed by atoms with Crippen LogP contribution in [0.4, 0.5) is 10.1 Å². The Balaban J connectivity index is 2.44. The van der Waals surface area contributed by atoms with Gasteiger partial charge in [-0.25, -0.2) is 4.39 Å². The van der Waals surface area contributed by atoms with E-state index in [0.29, 0.717) is 6.17 Å². The average molecular weight is 262 g/mol. The molecule has 1 atom stereocenters. The van der Waals surface area contributed by atoms with Gasteiger partial charge in [-0.1, -0.05) is 13.8 Å². The quantitative estimate of drug-likeness (QED) is 0.796. The highest BCUT2D eigenvalue weighted by Gasteiger charge is 2.33. The van der Waals surface area contributed by atoms with Crippen LogP contribution in [-0.2, 0) is 0 Å². The van der Waals surface area contributed by atoms with Gasteiger partial charge in [-0.2, -0.15) is 0 Å². The number of halogens is 1. The Kier molecular flexibility index (Phi) is 4.13. The minimum absolute atomic E-state index is 0.180. The molecule has 1 aromatic rings. The lowest BCUT2D eigenvalue weighted by Crippen LogP contribution is -2.38. The third-order valence-corrected chi connectivity index (χ3v) is 3.91. The zero-order valence-corrected chi connectivity index (χ0v) is 12.3. The van der Waals surface area contributed by atoms with Crippen molar-refractivity contribution in [1.82, 2.24) is 4.90 Å². The van der Waals surface area contributed by atoms with Gasteiger partial charge in [0, 0.05) is 23.6 Å². The molecule has 1 aliphatic heterocycles. The molecule has 0 bridgehead atoms. The summed E-state index contributed by atoms with van der Waals surface area (Å²) in [7, 11) is 0. The van der Waals surface area contributed by atoms with Crippen molar-refractivity contribution >= 4 is 5.69 Å². The van der Waals surface area contributed by atoms with Crippen LogP contribution in [0.3, 0.4) is 0 Å². The van der Waals surface area contributed by atoms with Gasteiger partial charge >= 0.3 is 0 Å². The van der Waals surface area contributed by atoms with Crippen LogP contribution in [0.2, 0.25) is 0 Å². The zero-order chi connectivity index (χ0) is 14.0. The predicted molar refractivity (Wildman–Crippen MR) is 78.3 cm³/mol. The van der Waals surface area contributed by atoms with Gasteiger partial charge in [-0.3, -0.25) is 0 Å². The highest BCUT2D eigenvalue weighted by atomic mass is 19.1. The number of anilines is 1. The van der Waals surface area contributed by atoms with Gasteiger partial charge in [0.15, 0.2) is 0 Å². The first-order chi connectivity index (χ1) is 9.13. The number of rotatable bonds is 4. The molecule has 2 nitrogen and oxygen atoms in total. The lowest BCUT2D eigenvalue weighted by molar-refractivity contribution is 0.303. The maximum absolute atomic E-state index is 13.1. The largest absolute Gasteiger partial charge is 0.353 e. The van der Waals surface area contributed by atoms with Crippen molar-refractivity contribution in [1.29, 1.82) is 0 Å². The number of allylic oxidation sites excluding steroid dienone is 2. The Morgan fingerprint density at radius 3 is 2.05 bits per heavy atom. The van der Waals surface area contributed by atoms with Gasteiger partial charge in [0.2, 0.25) is 0 Å². The molecule has 0 saturated carbocycles. The summed E-state index contributed by atoms with van der Waals surface area (Å²) in [6.07, 6.45) is 2.35. The van der Waals surface area contributed by atoms with Crippen LogP contribution in [0.15, 0.2) is 35.7 Å². The van der Waals surface area contributed by atoms with Crippen molar-refractivity contribution in [2.45, 2.75) is 46.7 Å². The number of benzene rings is 1. The van der Waals surface area contributed by atoms with Gasteiger partial charge in [-0.15, -0.1) is 0 Å². The molecule has 19 heavy (non-hydrogen) atoms. The average Bonchev–Trinajstić information content (AvgIpc) is 2.71. The fourth-order valence-electron chi connectivity index (χ4n) is 3.11. The summed E-state index contributed by atoms with van der Waals surface area (Å²) in [5.41, 5.74) is 3.86. The zero-order valence-electron chi connectivity index (χ0n) is 12.3. The predicted octanol–water partition coefficient (Wildman–Crippen LogP) is 4.35. The SMILES string of the molecule is CCC1=C(CC)N(c2ccc(F)cc2)C(C)N1CC. The van der Waals surface area contributed by atoms with Crippen molar-refractivity contribution in [3.63, 3.8) is 0 Å². The molecular weight excluding hydrogens is 239 g/mol. The molecule has 0 N–H and O–H groups in total. The normalized spacial score (nSPS) is 19.5. The minimum atomic E-state index is -0.180. The van der Waals surface area contributed by atoms with Crippen LogP contribution in [0.5, 0.6) is 0 Å². The van der Waals surface area contributed by atoms with E-state index in [1.807, 2.05) is 12.1 Å². The molecule has 0 aromatic heterocycles. The summed E-state index contributed by atoms with van der Waals surface area (Å²) in [5, 5.41) is 0. The standard InChI is InChI=1S/C16H23FN2/c1-5-15-16(6-2)19(12(4)18(15)7-3)14-10-8-13(17)9-11-14/h8-12H,5-7H2,1-4H3. The first-order valence-corrected chi connectivity index (χ1v) is 7.17. The van der Waals surface area contributed by atoms with Crippen molar-refractivity contribution in [2.24, 2.45) is 0 Å². The number of hydrogen-bond acceptors (Lipinski definition) is 2. The first-order valence-electron chi connectivity index (χ1n) is 7.17. The monoisotopic (exact) mass is 262 g/mol. The third kappa shape index (κ3) is 2.34. The third-order valence-electron chi connectivity index (χ3n) is 3.91.